The lowest BCUT2D eigenvalue weighted by Gasteiger charge is -2.08. The topological polar surface area (TPSA) is 80.3 Å². The molecule has 0 aliphatic heterocycles. The van der Waals surface area contributed by atoms with Crippen LogP contribution in [0.1, 0.15) is 5.56 Å². The van der Waals surface area contributed by atoms with Gasteiger partial charge in [0, 0.05) is 0 Å². The summed E-state index contributed by atoms with van der Waals surface area (Å²) in [5, 5.41) is 0. The molecule has 0 heterocycles. The summed E-state index contributed by atoms with van der Waals surface area (Å²) in [4.78, 5) is 0.126. The molecule has 0 saturated heterocycles. The zero-order valence-electron chi connectivity index (χ0n) is 15.0. The van der Waals surface area contributed by atoms with Crippen molar-refractivity contribution in [2.75, 3.05) is 66.1 Å². The fourth-order valence-electron chi connectivity index (χ4n) is 1.79. The second-order valence-corrected chi connectivity index (χ2v) is 6.84. The zero-order valence-corrected chi connectivity index (χ0v) is 15.8. The Morgan fingerprint density at radius 3 is 1.62 bits per heavy atom. The van der Waals surface area contributed by atoms with E-state index < -0.39 is 16.8 Å². The highest BCUT2D eigenvalue weighted by atomic mass is 32.2. The molecule has 0 atom stereocenters. The third-order valence-electron chi connectivity index (χ3n) is 3.11. The number of benzene rings is 1. The molecule has 0 fully saturated rings. The molecular weight excluding hydrogens is 367 g/mol. The van der Waals surface area contributed by atoms with Crippen LogP contribution in [0.15, 0.2) is 29.2 Å². The van der Waals surface area contributed by atoms with E-state index in [2.05, 4.69) is 0 Å². The van der Waals surface area contributed by atoms with Crippen molar-refractivity contribution < 1.29 is 35.9 Å². The number of alkyl halides is 1. The summed E-state index contributed by atoms with van der Waals surface area (Å²) in [6.45, 7) is 3.84. The lowest BCUT2D eigenvalue weighted by Crippen LogP contribution is -2.15. The average Bonchev–Trinajstić information content (AvgIpc) is 2.62. The lowest BCUT2D eigenvalue weighted by molar-refractivity contribution is -0.00539. The van der Waals surface area contributed by atoms with Gasteiger partial charge in [0.05, 0.1) is 64.4 Å². The third-order valence-corrected chi connectivity index (χ3v) is 4.44. The summed E-state index contributed by atoms with van der Waals surface area (Å²) in [7, 11) is -3.75. The molecule has 0 aromatic heterocycles. The van der Waals surface area contributed by atoms with E-state index in [-0.39, 0.29) is 24.7 Å². The van der Waals surface area contributed by atoms with E-state index in [1.54, 1.807) is 12.1 Å². The quantitative estimate of drug-likeness (QED) is 0.312. The Morgan fingerprint density at radius 2 is 1.15 bits per heavy atom. The molecule has 26 heavy (non-hydrogen) atoms. The van der Waals surface area contributed by atoms with Crippen molar-refractivity contribution in [3.63, 3.8) is 0 Å². The molecule has 9 heteroatoms. The molecule has 1 rings (SSSR count). The van der Waals surface area contributed by atoms with E-state index in [4.69, 9.17) is 23.1 Å². The first-order valence-corrected chi connectivity index (χ1v) is 9.80. The summed E-state index contributed by atoms with van der Waals surface area (Å²) in [5.41, 5.74) is 0.975. The number of hydrogen-bond acceptors (Lipinski definition) is 7. The first-order chi connectivity index (χ1) is 12.6. The number of hydrogen-bond donors (Lipinski definition) is 0. The van der Waals surface area contributed by atoms with Gasteiger partial charge in [-0.1, -0.05) is 17.7 Å². The minimum absolute atomic E-state index is 0.0573. The molecule has 0 aliphatic carbocycles. The van der Waals surface area contributed by atoms with Crippen molar-refractivity contribution in [3.8, 4) is 0 Å². The second-order valence-electron chi connectivity index (χ2n) is 5.23. The summed E-state index contributed by atoms with van der Waals surface area (Å²) in [5.74, 6) is 0. The summed E-state index contributed by atoms with van der Waals surface area (Å²) >= 11 is 0. The molecule has 7 nitrogen and oxygen atoms in total. The molecular formula is C17H27FO7S. The molecule has 0 saturated carbocycles. The predicted molar refractivity (Wildman–Crippen MR) is 93.6 cm³/mol. The minimum Gasteiger partial charge on any atom is -0.377 e. The van der Waals surface area contributed by atoms with Crippen molar-refractivity contribution in [1.82, 2.24) is 0 Å². The Balaban J connectivity index is 1.94. The number of halogens is 1. The number of ether oxygens (including phenoxy) is 4. The molecule has 0 amide bonds. The van der Waals surface area contributed by atoms with Gasteiger partial charge in [0.1, 0.15) is 6.67 Å². The Morgan fingerprint density at radius 1 is 0.731 bits per heavy atom. The monoisotopic (exact) mass is 394 g/mol. The molecule has 1 aromatic carbocycles. The van der Waals surface area contributed by atoms with Gasteiger partial charge in [0.2, 0.25) is 0 Å². The van der Waals surface area contributed by atoms with Crippen LogP contribution in [0, 0.1) is 6.92 Å². The first-order valence-electron chi connectivity index (χ1n) is 8.39. The summed E-state index contributed by atoms with van der Waals surface area (Å²) in [6, 6.07) is 6.44. The average molecular weight is 394 g/mol. The van der Waals surface area contributed by atoms with E-state index in [0.29, 0.717) is 39.6 Å². The van der Waals surface area contributed by atoms with Gasteiger partial charge in [-0.05, 0) is 19.1 Å². The second kappa shape index (κ2) is 14.0. The molecule has 0 spiro atoms. The maximum Gasteiger partial charge on any atom is 0.297 e. The van der Waals surface area contributed by atoms with Crippen molar-refractivity contribution in [1.29, 1.82) is 0 Å². The SMILES string of the molecule is Cc1ccc(S(=O)(=O)OCCOCCOCCOCCOCCF)cc1. The van der Waals surface area contributed by atoms with Gasteiger partial charge >= 0.3 is 0 Å². The Labute approximate surface area is 154 Å². The van der Waals surface area contributed by atoms with Gasteiger partial charge in [0.15, 0.2) is 0 Å². The fraction of sp³-hybridized carbons (Fsp3) is 0.647. The molecule has 0 unspecified atom stereocenters. The highest BCUT2D eigenvalue weighted by Crippen LogP contribution is 2.12. The van der Waals surface area contributed by atoms with Gasteiger partial charge in [-0.15, -0.1) is 0 Å². The van der Waals surface area contributed by atoms with E-state index in [1.807, 2.05) is 6.92 Å². The van der Waals surface area contributed by atoms with Crippen molar-refractivity contribution in [2.24, 2.45) is 0 Å². The van der Waals surface area contributed by atoms with Crippen LogP contribution in [0.5, 0.6) is 0 Å². The largest absolute Gasteiger partial charge is 0.377 e. The van der Waals surface area contributed by atoms with Crippen LogP contribution < -0.4 is 0 Å². The van der Waals surface area contributed by atoms with Gasteiger partial charge in [0.25, 0.3) is 10.1 Å². The van der Waals surface area contributed by atoms with Crippen LogP contribution in [0.4, 0.5) is 4.39 Å². The molecule has 150 valence electrons. The normalized spacial score (nSPS) is 11.8. The zero-order chi connectivity index (χ0) is 19.1. The third kappa shape index (κ3) is 10.8. The predicted octanol–water partition coefficient (Wildman–Crippen LogP) is 1.74. The molecule has 0 bridgehead atoms. The lowest BCUT2D eigenvalue weighted by atomic mass is 10.2. The van der Waals surface area contributed by atoms with Crippen LogP contribution in [-0.2, 0) is 33.2 Å². The van der Waals surface area contributed by atoms with E-state index >= 15 is 0 Å². The van der Waals surface area contributed by atoms with Crippen molar-refractivity contribution in [2.45, 2.75) is 11.8 Å². The Kier molecular flexibility index (Phi) is 12.4. The van der Waals surface area contributed by atoms with Gasteiger partial charge in [-0.2, -0.15) is 8.42 Å². The molecule has 1 aromatic rings. The first kappa shape index (κ1) is 22.9. The minimum atomic E-state index is -3.75. The van der Waals surface area contributed by atoms with Gasteiger partial charge in [-0.3, -0.25) is 4.18 Å². The maximum atomic E-state index is 11.9. The highest BCUT2D eigenvalue weighted by Gasteiger charge is 2.14. The van der Waals surface area contributed by atoms with Crippen LogP contribution in [0.3, 0.4) is 0 Å². The van der Waals surface area contributed by atoms with E-state index in [9.17, 15) is 12.8 Å². The van der Waals surface area contributed by atoms with Gasteiger partial charge in [-0.25, -0.2) is 4.39 Å². The molecule has 0 aliphatic rings. The number of aryl methyl sites for hydroxylation is 1. The van der Waals surface area contributed by atoms with E-state index in [1.165, 1.54) is 12.1 Å². The molecule has 0 N–H and O–H groups in total. The van der Waals surface area contributed by atoms with E-state index in [0.717, 1.165) is 5.56 Å². The smallest absolute Gasteiger partial charge is 0.297 e. The van der Waals surface area contributed by atoms with Crippen molar-refractivity contribution in [3.05, 3.63) is 29.8 Å². The van der Waals surface area contributed by atoms with Crippen LogP contribution in [0.25, 0.3) is 0 Å². The van der Waals surface area contributed by atoms with Crippen LogP contribution >= 0.6 is 0 Å². The highest BCUT2D eigenvalue weighted by molar-refractivity contribution is 7.86. The fourth-order valence-corrected chi connectivity index (χ4v) is 2.68. The van der Waals surface area contributed by atoms with Gasteiger partial charge < -0.3 is 18.9 Å². The van der Waals surface area contributed by atoms with Crippen LogP contribution in [-0.4, -0.2) is 74.6 Å². The standard InChI is InChI=1S/C17H27FO7S/c1-16-2-4-17(5-3-16)26(19,20)25-15-14-24-13-12-23-11-10-22-9-8-21-7-6-18/h2-5H,6-15H2,1H3. The summed E-state index contributed by atoms with van der Waals surface area (Å²) < 4.78 is 61.1. The van der Waals surface area contributed by atoms with Crippen LogP contribution in [0.2, 0.25) is 0 Å². The number of rotatable bonds is 16. The van der Waals surface area contributed by atoms with Crippen molar-refractivity contribution >= 4 is 10.1 Å². The maximum absolute atomic E-state index is 11.9. The Bertz CT molecular complexity index is 563. The Hall–Kier alpha value is -1.10. The molecule has 0 radical (unpaired) electrons. The summed E-state index contributed by atoms with van der Waals surface area (Å²) in [6.07, 6.45) is 0.